The predicted molar refractivity (Wildman–Crippen MR) is 62.9 cm³/mol. The summed E-state index contributed by atoms with van der Waals surface area (Å²) in [5, 5.41) is 0. The molecule has 2 atom stereocenters. The van der Waals surface area contributed by atoms with E-state index in [2.05, 4.69) is 0 Å². The Kier molecular flexibility index (Phi) is 4.31. The van der Waals surface area contributed by atoms with Crippen molar-refractivity contribution >= 4 is 5.91 Å². The van der Waals surface area contributed by atoms with Crippen LogP contribution in [0.2, 0.25) is 0 Å². The lowest BCUT2D eigenvalue weighted by atomic mass is 10.1. The van der Waals surface area contributed by atoms with Gasteiger partial charge < -0.3 is 16.2 Å². The van der Waals surface area contributed by atoms with Gasteiger partial charge in [-0.05, 0) is 13.0 Å². The summed E-state index contributed by atoms with van der Waals surface area (Å²) in [5.74, 6) is 0.0463. The Morgan fingerprint density at radius 1 is 1.38 bits per heavy atom. The Hall–Kier alpha value is -1.55. The van der Waals surface area contributed by atoms with Crippen molar-refractivity contribution in [1.82, 2.24) is 0 Å². The maximum absolute atomic E-state index is 10.9. The second-order valence-electron chi connectivity index (χ2n) is 3.94. The van der Waals surface area contributed by atoms with E-state index in [0.29, 0.717) is 5.75 Å². The van der Waals surface area contributed by atoms with E-state index >= 15 is 0 Å². The number of carbonyl (C=O) groups is 1. The molecule has 0 fully saturated rings. The monoisotopic (exact) mass is 222 g/mol. The first kappa shape index (κ1) is 12.5. The quantitative estimate of drug-likeness (QED) is 0.785. The molecule has 0 saturated heterocycles. The Labute approximate surface area is 95.6 Å². The molecule has 1 aromatic rings. The summed E-state index contributed by atoms with van der Waals surface area (Å²) in [6.07, 6.45) is 0. The summed E-state index contributed by atoms with van der Waals surface area (Å²) in [5.41, 5.74) is 11.9. The molecule has 0 heterocycles. The Bertz CT molecular complexity index is 364. The molecule has 0 spiro atoms. The Balaban J connectivity index is 2.70. The van der Waals surface area contributed by atoms with E-state index in [9.17, 15) is 4.79 Å². The average molecular weight is 222 g/mol. The molecule has 88 valence electrons. The first-order valence-electron chi connectivity index (χ1n) is 5.29. The van der Waals surface area contributed by atoms with Crippen molar-refractivity contribution in [2.75, 3.05) is 6.61 Å². The smallest absolute Gasteiger partial charge is 0.223 e. The van der Waals surface area contributed by atoms with Crippen molar-refractivity contribution in [2.24, 2.45) is 17.4 Å². The fourth-order valence-electron chi connectivity index (χ4n) is 1.29. The SMILES string of the molecule is CC(COc1ccccc1[C@@H](C)N)C(N)=O. The van der Waals surface area contributed by atoms with Gasteiger partial charge in [0, 0.05) is 11.6 Å². The second-order valence-corrected chi connectivity index (χ2v) is 3.94. The third kappa shape index (κ3) is 3.24. The summed E-state index contributed by atoms with van der Waals surface area (Å²) in [7, 11) is 0. The van der Waals surface area contributed by atoms with Crippen molar-refractivity contribution in [2.45, 2.75) is 19.9 Å². The normalized spacial score (nSPS) is 14.2. The fraction of sp³-hybridized carbons (Fsp3) is 0.417. The van der Waals surface area contributed by atoms with E-state index in [-0.39, 0.29) is 24.5 Å². The highest BCUT2D eigenvalue weighted by molar-refractivity contribution is 5.76. The number of hydrogen-bond donors (Lipinski definition) is 2. The molecule has 4 nitrogen and oxygen atoms in total. The zero-order valence-electron chi connectivity index (χ0n) is 9.64. The summed E-state index contributed by atoms with van der Waals surface area (Å²) in [6.45, 7) is 3.90. The van der Waals surface area contributed by atoms with Crippen LogP contribution in [0.3, 0.4) is 0 Å². The molecule has 1 amide bonds. The average Bonchev–Trinajstić information content (AvgIpc) is 2.25. The molecule has 0 saturated carbocycles. The van der Waals surface area contributed by atoms with Gasteiger partial charge in [0.1, 0.15) is 5.75 Å². The van der Waals surface area contributed by atoms with Crippen LogP contribution in [-0.4, -0.2) is 12.5 Å². The molecular formula is C12H18N2O2. The number of primary amides is 1. The van der Waals surface area contributed by atoms with Crippen molar-refractivity contribution < 1.29 is 9.53 Å². The van der Waals surface area contributed by atoms with Gasteiger partial charge in [0.25, 0.3) is 0 Å². The minimum absolute atomic E-state index is 0.0971. The largest absolute Gasteiger partial charge is 0.492 e. The van der Waals surface area contributed by atoms with Crippen molar-refractivity contribution in [3.05, 3.63) is 29.8 Å². The number of rotatable bonds is 5. The van der Waals surface area contributed by atoms with Gasteiger partial charge in [0.15, 0.2) is 0 Å². The summed E-state index contributed by atoms with van der Waals surface area (Å²) in [6, 6.07) is 7.43. The highest BCUT2D eigenvalue weighted by Crippen LogP contribution is 2.23. The summed E-state index contributed by atoms with van der Waals surface area (Å²) < 4.78 is 5.54. The zero-order chi connectivity index (χ0) is 12.1. The number of nitrogens with two attached hydrogens (primary N) is 2. The lowest BCUT2D eigenvalue weighted by molar-refractivity contribution is -0.122. The van der Waals surface area contributed by atoms with Crippen molar-refractivity contribution in [1.29, 1.82) is 0 Å². The van der Waals surface area contributed by atoms with E-state index in [4.69, 9.17) is 16.2 Å². The van der Waals surface area contributed by atoms with E-state index in [1.807, 2.05) is 31.2 Å². The molecule has 0 aromatic heterocycles. The van der Waals surface area contributed by atoms with Crippen LogP contribution < -0.4 is 16.2 Å². The molecule has 0 aliphatic rings. The first-order chi connectivity index (χ1) is 7.52. The molecular weight excluding hydrogens is 204 g/mol. The van der Waals surface area contributed by atoms with E-state index in [1.54, 1.807) is 6.92 Å². The van der Waals surface area contributed by atoms with Crippen LogP contribution in [0.25, 0.3) is 0 Å². The van der Waals surface area contributed by atoms with Gasteiger partial charge in [-0.2, -0.15) is 0 Å². The highest BCUT2D eigenvalue weighted by atomic mass is 16.5. The summed E-state index contributed by atoms with van der Waals surface area (Å²) in [4.78, 5) is 10.9. The van der Waals surface area contributed by atoms with Gasteiger partial charge in [-0.3, -0.25) is 4.79 Å². The van der Waals surface area contributed by atoms with Crippen LogP contribution in [0.1, 0.15) is 25.5 Å². The van der Waals surface area contributed by atoms with Gasteiger partial charge in [0.05, 0.1) is 12.5 Å². The van der Waals surface area contributed by atoms with Crippen molar-refractivity contribution in [3.8, 4) is 5.75 Å². The minimum Gasteiger partial charge on any atom is -0.492 e. The Morgan fingerprint density at radius 2 is 2.00 bits per heavy atom. The number of carbonyl (C=O) groups excluding carboxylic acids is 1. The highest BCUT2D eigenvalue weighted by Gasteiger charge is 2.12. The summed E-state index contributed by atoms with van der Waals surface area (Å²) >= 11 is 0. The van der Waals surface area contributed by atoms with Gasteiger partial charge in [-0.1, -0.05) is 25.1 Å². The van der Waals surface area contributed by atoms with E-state index < -0.39 is 0 Å². The van der Waals surface area contributed by atoms with Crippen molar-refractivity contribution in [3.63, 3.8) is 0 Å². The predicted octanol–water partition coefficient (Wildman–Crippen LogP) is 1.21. The zero-order valence-corrected chi connectivity index (χ0v) is 9.64. The molecule has 0 aliphatic carbocycles. The molecule has 16 heavy (non-hydrogen) atoms. The van der Waals surface area contributed by atoms with Crippen LogP contribution in [0, 0.1) is 5.92 Å². The number of benzene rings is 1. The molecule has 1 rings (SSSR count). The Morgan fingerprint density at radius 3 is 2.56 bits per heavy atom. The number of amides is 1. The molecule has 0 radical (unpaired) electrons. The van der Waals surface area contributed by atoms with Crippen LogP contribution in [0.15, 0.2) is 24.3 Å². The van der Waals surface area contributed by atoms with Gasteiger partial charge in [-0.25, -0.2) is 0 Å². The fourth-order valence-corrected chi connectivity index (χ4v) is 1.29. The van der Waals surface area contributed by atoms with Gasteiger partial charge in [-0.15, -0.1) is 0 Å². The third-order valence-electron chi connectivity index (χ3n) is 2.38. The lowest BCUT2D eigenvalue weighted by Gasteiger charge is -2.15. The van der Waals surface area contributed by atoms with Crippen LogP contribution in [0.4, 0.5) is 0 Å². The molecule has 1 aromatic carbocycles. The van der Waals surface area contributed by atoms with Crippen LogP contribution in [0.5, 0.6) is 5.75 Å². The van der Waals surface area contributed by atoms with Gasteiger partial charge in [0.2, 0.25) is 5.91 Å². The van der Waals surface area contributed by atoms with E-state index in [0.717, 1.165) is 5.56 Å². The van der Waals surface area contributed by atoms with Crippen LogP contribution in [-0.2, 0) is 4.79 Å². The molecule has 4 heteroatoms. The number of ether oxygens (including phenoxy) is 1. The maximum atomic E-state index is 10.9. The number of para-hydroxylation sites is 1. The standard InChI is InChI=1S/C12H18N2O2/c1-8(12(14)15)7-16-11-6-4-3-5-10(11)9(2)13/h3-6,8-9H,7,13H2,1-2H3,(H2,14,15)/t8?,9-/m1/s1. The molecule has 4 N–H and O–H groups in total. The van der Waals surface area contributed by atoms with Gasteiger partial charge >= 0.3 is 0 Å². The topological polar surface area (TPSA) is 78.3 Å². The first-order valence-corrected chi connectivity index (χ1v) is 5.29. The lowest BCUT2D eigenvalue weighted by Crippen LogP contribution is -2.26. The third-order valence-corrected chi connectivity index (χ3v) is 2.38. The molecule has 0 bridgehead atoms. The molecule has 0 aliphatic heterocycles. The second kappa shape index (κ2) is 5.51. The maximum Gasteiger partial charge on any atom is 0.223 e. The van der Waals surface area contributed by atoms with Crippen LogP contribution >= 0.6 is 0 Å². The minimum atomic E-state index is -0.363. The van der Waals surface area contributed by atoms with E-state index in [1.165, 1.54) is 0 Å². The molecule has 1 unspecified atom stereocenters. The number of hydrogen-bond acceptors (Lipinski definition) is 3.